The van der Waals surface area contributed by atoms with Gasteiger partial charge in [-0.2, -0.15) is 0 Å². The zero-order chi connectivity index (χ0) is 17.9. The second-order valence-electron chi connectivity index (χ2n) is 7.12. The maximum atomic E-state index is 13.8. The van der Waals surface area contributed by atoms with Crippen LogP contribution in [0.5, 0.6) is 0 Å². The second kappa shape index (κ2) is 17.9. The van der Waals surface area contributed by atoms with Gasteiger partial charge in [-0.3, -0.25) is 0 Å². The number of halogens is 1. The van der Waals surface area contributed by atoms with E-state index in [4.69, 9.17) is 8.85 Å². The highest BCUT2D eigenvalue weighted by Gasteiger charge is 2.36. The Morgan fingerprint density at radius 3 is 1.12 bits per heavy atom. The third-order valence-electron chi connectivity index (χ3n) is 4.94. The van der Waals surface area contributed by atoms with Gasteiger partial charge in [0.15, 0.2) is 0 Å². The lowest BCUT2D eigenvalue weighted by molar-refractivity contribution is 0.191. The van der Waals surface area contributed by atoms with Gasteiger partial charge in [-0.1, -0.05) is 103 Å². The maximum absolute atomic E-state index is 13.8. The smallest absolute Gasteiger partial charge is 0.374 e. The molecule has 0 fully saturated rings. The highest BCUT2D eigenvalue weighted by molar-refractivity contribution is 6.59. The number of unbranched alkanes of at least 4 members (excludes halogenated alkanes) is 15. The molecule has 0 unspecified atom stereocenters. The minimum atomic E-state index is -3.30. The molecule has 0 aliphatic rings. The Labute approximate surface area is 152 Å². The molecule has 0 atom stereocenters. The summed E-state index contributed by atoms with van der Waals surface area (Å²) in [5.41, 5.74) is 0. The van der Waals surface area contributed by atoms with E-state index in [1.807, 2.05) is 0 Å². The van der Waals surface area contributed by atoms with Crippen LogP contribution >= 0.6 is 0 Å². The van der Waals surface area contributed by atoms with E-state index in [1.54, 1.807) is 0 Å². The molecule has 0 heterocycles. The second-order valence-corrected chi connectivity index (χ2v) is 9.76. The van der Waals surface area contributed by atoms with Gasteiger partial charge in [-0.25, -0.2) is 4.11 Å². The fraction of sp³-hybridized carbons (Fsp3) is 1.00. The molecule has 0 aromatic carbocycles. The summed E-state index contributed by atoms with van der Waals surface area (Å²) in [7, 11) is -0.467. The molecule has 0 saturated carbocycles. The standard InChI is InChI=1S/C20H43FO2Si/c1-4-5-6-7-8-9-10-11-12-13-14-15-16-17-18-19-20-24(21,22-2)23-3/h4-20H2,1-3H3. The molecule has 0 aliphatic heterocycles. The zero-order valence-corrected chi connectivity index (χ0v) is 17.7. The molecule has 0 aromatic heterocycles. The molecule has 146 valence electrons. The van der Waals surface area contributed by atoms with Crippen molar-refractivity contribution in [1.29, 1.82) is 0 Å². The van der Waals surface area contributed by atoms with Gasteiger partial charge in [0.25, 0.3) is 0 Å². The Balaban J connectivity index is 3.13. The van der Waals surface area contributed by atoms with Gasteiger partial charge in [0.1, 0.15) is 0 Å². The van der Waals surface area contributed by atoms with Crippen molar-refractivity contribution in [3.8, 4) is 0 Å². The van der Waals surface area contributed by atoms with Gasteiger partial charge in [0, 0.05) is 20.3 Å². The fourth-order valence-corrected chi connectivity index (χ4v) is 4.42. The Morgan fingerprint density at radius 1 is 0.542 bits per heavy atom. The van der Waals surface area contributed by atoms with Crippen LogP contribution in [0.3, 0.4) is 0 Å². The normalized spacial score (nSPS) is 12.0. The van der Waals surface area contributed by atoms with Crippen LogP contribution in [0.2, 0.25) is 6.04 Å². The summed E-state index contributed by atoms with van der Waals surface area (Å²) in [4.78, 5) is 0. The Hall–Kier alpha value is 0.0669. The minimum absolute atomic E-state index is 0.471. The van der Waals surface area contributed by atoms with E-state index in [9.17, 15) is 4.11 Å². The van der Waals surface area contributed by atoms with Crippen LogP contribution in [0.4, 0.5) is 4.11 Å². The lowest BCUT2D eigenvalue weighted by Gasteiger charge is -2.16. The Kier molecular flexibility index (Phi) is 17.9. The molecule has 0 amide bonds. The summed E-state index contributed by atoms with van der Waals surface area (Å²) in [5, 5.41) is 0. The van der Waals surface area contributed by atoms with E-state index >= 15 is 0 Å². The molecule has 0 aromatic rings. The first-order valence-corrected chi connectivity index (χ1v) is 12.4. The first-order chi connectivity index (χ1) is 11.7. The van der Waals surface area contributed by atoms with Crippen molar-refractivity contribution in [3.05, 3.63) is 0 Å². The van der Waals surface area contributed by atoms with Gasteiger partial charge in [0.2, 0.25) is 0 Å². The molecule has 0 saturated heterocycles. The number of hydrogen-bond acceptors (Lipinski definition) is 2. The Bertz CT molecular complexity index is 248. The third kappa shape index (κ3) is 15.6. The summed E-state index contributed by atoms with van der Waals surface area (Å²) in [6.07, 6.45) is 21.4. The molecule has 0 aliphatic carbocycles. The summed E-state index contributed by atoms with van der Waals surface area (Å²) in [6, 6.07) is 0.471. The average molecular weight is 363 g/mol. The van der Waals surface area contributed by atoms with Crippen molar-refractivity contribution in [2.24, 2.45) is 0 Å². The molecular formula is C20H43FO2Si. The largest absolute Gasteiger partial charge is 0.539 e. The van der Waals surface area contributed by atoms with Crippen molar-refractivity contribution in [3.63, 3.8) is 0 Å². The van der Waals surface area contributed by atoms with Crippen molar-refractivity contribution >= 4 is 8.89 Å². The molecule has 0 rings (SSSR count). The summed E-state index contributed by atoms with van der Waals surface area (Å²) in [6.45, 7) is 2.28. The highest BCUT2D eigenvalue weighted by Crippen LogP contribution is 2.19. The van der Waals surface area contributed by atoms with Gasteiger partial charge in [-0.15, -0.1) is 0 Å². The average Bonchev–Trinajstić information content (AvgIpc) is 2.61. The molecule has 4 heteroatoms. The van der Waals surface area contributed by atoms with Crippen molar-refractivity contribution in [2.45, 2.75) is 116 Å². The summed E-state index contributed by atoms with van der Waals surface area (Å²) < 4.78 is 23.5. The van der Waals surface area contributed by atoms with E-state index in [0.29, 0.717) is 6.04 Å². The van der Waals surface area contributed by atoms with E-state index in [-0.39, 0.29) is 0 Å². The van der Waals surface area contributed by atoms with Crippen molar-refractivity contribution < 1.29 is 13.0 Å². The van der Waals surface area contributed by atoms with Crippen LogP contribution in [-0.4, -0.2) is 23.1 Å². The van der Waals surface area contributed by atoms with Crippen molar-refractivity contribution in [1.82, 2.24) is 0 Å². The Morgan fingerprint density at radius 2 is 0.833 bits per heavy atom. The van der Waals surface area contributed by atoms with Gasteiger partial charge < -0.3 is 8.85 Å². The lowest BCUT2D eigenvalue weighted by atomic mass is 10.0. The van der Waals surface area contributed by atoms with E-state index < -0.39 is 8.89 Å². The number of hydrogen-bond donors (Lipinski definition) is 0. The molecule has 24 heavy (non-hydrogen) atoms. The molecular weight excluding hydrogens is 319 g/mol. The first kappa shape index (κ1) is 24.1. The summed E-state index contributed by atoms with van der Waals surface area (Å²) >= 11 is 0. The quantitative estimate of drug-likeness (QED) is 0.135. The topological polar surface area (TPSA) is 18.5 Å². The van der Waals surface area contributed by atoms with Gasteiger partial charge in [0.05, 0.1) is 0 Å². The van der Waals surface area contributed by atoms with Crippen LogP contribution in [0.1, 0.15) is 110 Å². The third-order valence-corrected chi connectivity index (χ3v) is 7.11. The van der Waals surface area contributed by atoms with Crippen molar-refractivity contribution in [2.75, 3.05) is 14.2 Å². The van der Waals surface area contributed by atoms with Crippen LogP contribution in [0.15, 0.2) is 0 Å². The van der Waals surface area contributed by atoms with Crippen LogP contribution < -0.4 is 0 Å². The highest BCUT2D eigenvalue weighted by atomic mass is 28.4. The number of rotatable bonds is 19. The van der Waals surface area contributed by atoms with Gasteiger partial charge >= 0.3 is 8.89 Å². The fourth-order valence-electron chi connectivity index (χ4n) is 3.17. The van der Waals surface area contributed by atoms with E-state index in [0.717, 1.165) is 12.8 Å². The lowest BCUT2D eigenvalue weighted by Crippen LogP contribution is -2.34. The SMILES string of the molecule is CCCCCCCCCCCCCCCCCC[Si](F)(OC)OC. The monoisotopic (exact) mass is 362 g/mol. The predicted octanol–water partition coefficient (Wildman–Crippen LogP) is 7.45. The molecule has 0 bridgehead atoms. The minimum Gasteiger partial charge on any atom is -0.374 e. The van der Waals surface area contributed by atoms with Crippen LogP contribution in [0, 0.1) is 0 Å². The molecule has 0 radical (unpaired) electrons. The van der Waals surface area contributed by atoms with Crippen LogP contribution in [-0.2, 0) is 8.85 Å². The van der Waals surface area contributed by atoms with E-state index in [1.165, 1.54) is 104 Å². The molecule has 0 N–H and O–H groups in total. The van der Waals surface area contributed by atoms with Gasteiger partial charge in [-0.05, 0) is 6.42 Å². The molecule has 2 nitrogen and oxygen atoms in total. The predicted molar refractivity (Wildman–Crippen MR) is 105 cm³/mol. The van der Waals surface area contributed by atoms with E-state index in [2.05, 4.69) is 6.92 Å². The van der Waals surface area contributed by atoms with Crippen LogP contribution in [0.25, 0.3) is 0 Å². The molecule has 0 spiro atoms. The maximum Gasteiger partial charge on any atom is 0.539 e. The summed E-state index contributed by atoms with van der Waals surface area (Å²) in [5.74, 6) is 0. The first-order valence-electron chi connectivity index (χ1n) is 10.5. The zero-order valence-electron chi connectivity index (χ0n) is 16.7.